The lowest BCUT2D eigenvalue weighted by Gasteiger charge is -2.17. The van der Waals surface area contributed by atoms with E-state index >= 15 is 0 Å². The van der Waals surface area contributed by atoms with E-state index < -0.39 is 12.0 Å². The molecular formula is C12H19F2N3O. The monoisotopic (exact) mass is 259 g/mol. The fourth-order valence-corrected chi connectivity index (χ4v) is 2.51. The van der Waals surface area contributed by atoms with Gasteiger partial charge in [-0.25, -0.2) is 13.8 Å². The first-order valence-corrected chi connectivity index (χ1v) is 6.44. The molecule has 18 heavy (non-hydrogen) atoms. The Bertz CT molecular complexity index is 394. The smallest absolute Gasteiger partial charge is 0.248 e. The molecule has 1 aromatic rings. The number of aryl methyl sites for hydroxylation is 1. The number of aromatic nitrogens is 3. The minimum Gasteiger partial charge on any atom is -0.392 e. The fraction of sp³-hybridized carbons (Fsp3) is 0.833. The molecular weight excluding hydrogens is 240 g/mol. The molecule has 1 aliphatic rings. The average molecular weight is 259 g/mol. The van der Waals surface area contributed by atoms with Crippen LogP contribution >= 0.6 is 0 Å². The van der Waals surface area contributed by atoms with Gasteiger partial charge in [-0.1, -0.05) is 6.92 Å². The highest BCUT2D eigenvalue weighted by Crippen LogP contribution is 2.40. The molecule has 1 aromatic heterocycles. The van der Waals surface area contributed by atoms with Gasteiger partial charge in [0, 0.05) is 25.8 Å². The van der Waals surface area contributed by atoms with Gasteiger partial charge in [0.2, 0.25) is 5.92 Å². The van der Waals surface area contributed by atoms with E-state index in [0.29, 0.717) is 18.7 Å². The highest BCUT2D eigenvalue weighted by molar-refractivity contribution is 4.93. The summed E-state index contributed by atoms with van der Waals surface area (Å²) < 4.78 is 27.9. The quantitative estimate of drug-likeness (QED) is 0.880. The first-order chi connectivity index (χ1) is 8.52. The van der Waals surface area contributed by atoms with Gasteiger partial charge in [-0.2, -0.15) is 5.10 Å². The van der Waals surface area contributed by atoms with Crippen LogP contribution in [0.25, 0.3) is 0 Å². The maximum Gasteiger partial charge on any atom is 0.248 e. The van der Waals surface area contributed by atoms with E-state index in [0.717, 1.165) is 13.0 Å². The van der Waals surface area contributed by atoms with Crippen molar-refractivity contribution in [1.29, 1.82) is 0 Å². The lowest BCUT2D eigenvalue weighted by atomic mass is 9.98. The minimum absolute atomic E-state index is 0.115. The molecule has 0 amide bonds. The molecule has 0 saturated heterocycles. The van der Waals surface area contributed by atoms with Crippen molar-refractivity contribution in [2.45, 2.75) is 57.6 Å². The summed E-state index contributed by atoms with van der Waals surface area (Å²) in [6, 6.07) is 0. The van der Waals surface area contributed by atoms with Crippen LogP contribution in [0.1, 0.15) is 38.4 Å². The van der Waals surface area contributed by atoms with E-state index in [1.165, 1.54) is 6.33 Å². The minimum atomic E-state index is -2.61. The van der Waals surface area contributed by atoms with E-state index in [9.17, 15) is 13.9 Å². The van der Waals surface area contributed by atoms with Crippen molar-refractivity contribution in [1.82, 2.24) is 14.8 Å². The summed E-state index contributed by atoms with van der Waals surface area (Å²) in [5, 5.41) is 14.1. The summed E-state index contributed by atoms with van der Waals surface area (Å²) in [5.74, 6) is -2.26. The maximum absolute atomic E-state index is 13.1. The number of nitrogens with zero attached hydrogens (tertiary/aromatic N) is 3. The van der Waals surface area contributed by atoms with Gasteiger partial charge in [0.25, 0.3) is 0 Å². The van der Waals surface area contributed by atoms with Crippen LogP contribution in [0, 0.1) is 5.92 Å². The number of rotatable bonds is 5. The van der Waals surface area contributed by atoms with Crippen LogP contribution in [-0.2, 0) is 13.0 Å². The first-order valence-electron chi connectivity index (χ1n) is 6.44. The number of alkyl halides is 2. The molecule has 1 fully saturated rings. The molecule has 1 heterocycles. The van der Waals surface area contributed by atoms with Crippen LogP contribution < -0.4 is 0 Å². The van der Waals surface area contributed by atoms with Crippen molar-refractivity contribution in [2.75, 3.05) is 0 Å². The summed E-state index contributed by atoms with van der Waals surface area (Å²) >= 11 is 0. The molecule has 0 aromatic carbocycles. The molecule has 0 radical (unpaired) electrons. The van der Waals surface area contributed by atoms with E-state index in [1.807, 2.05) is 6.92 Å². The van der Waals surface area contributed by atoms with Crippen molar-refractivity contribution in [3.05, 3.63) is 12.2 Å². The largest absolute Gasteiger partial charge is 0.392 e. The second-order valence-corrected chi connectivity index (χ2v) is 5.03. The van der Waals surface area contributed by atoms with Crippen molar-refractivity contribution in [3.8, 4) is 0 Å². The summed E-state index contributed by atoms with van der Waals surface area (Å²) in [4.78, 5) is 4.09. The first kappa shape index (κ1) is 13.4. The molecule has 1 N–H and O–H groups in total. The van der Waals surface area contributed by atoms with Crippen LogP contribution in [0.4, 0.5) is 8.78 Å². The second-order valence-electron chi connectivity index (χ2n) is 5.03. The summed E-state index contributed by atoms with van der Waals surface area (Å²) in [6.45, 7) is 2.77. The Morgan fingerprint density at radius 1 is 1.61 bits per heavy atom. The molecule has 0 spiro atoms. The van der Waals surface area contributed by atoms with Crippen molar-refractivity contribution < 1.29 is 13.9 Å². The summed E-state index contributed by atoms with van der Waals surface area (Å²) in [5.41, 5.74) is 0. The number of aliphatic hydroxyl groups is 1. The second kappa shape index (κ2) is 5.30. The number of hydrogen-bond acceptors (Lipinski definition) is 3. The van der Waals surface area contributed by atoms with E-state index in [-0.39, 0.29) is 18.8 Å². The van der Waals surface area contributed by atoms with Crippen molar-refractivity contribution in [3.63, 3.8) is 0 Å². The molecule has 6 heteroatoms. The van der Waals surface area contributed by atoms with Gasteiger partial charge in [0.1, 0.15) is 12.2 Å². The van der Waals surface area contributed by atoms with Crippen molar-refractivity contribution >= 4 is 0 Å². The van der Waals surface area contributed by atoms with E-state index in [4.69, 9.17) is 0 Å². The third-order valence-corrected chi connectivity index (χ3v) is 3.51. The summed E-state index contributed by atoms with van der Waals surface area (Å²) in [6.07, 6.45) is 1.98. The molecule has 0 aliphatic heterocycles. The normalized spacial score (nSPS) is 24.3. The SMILES string of the molecule is CCCn1ncnc1CC(O)C1CCC(F)(F)C1. The lowest BCUT2D eigenvalue weighted by molar-refractivity contribution is -0.00506. The van der Waals surface area contributed by atoms with Gasteiger partial charge in [0.05, 0.1) is 6.10 Å². The van der Waals surface area contributed by atoms with E-state index in [2.05, 4.69) is 10.1 Å². The molecule has 2 unspecified atom stereocenters. The van der Waals surface area contributed by atoms with Crippen LogP contribution in [0.5, 0.6) is 0 Å². The van der Waals surface area contributed by atoms with Crippen LogP contribution in [-0.4, -0.2) is 31.9 Å². The predicted octanol–water partition coefficient (Wildman–Crippen LogP) is 2.03. The van der Waals surface area contributed by atoms with Gasteiger partial charge < -0.3 is 5.11 Å². The van der Waals surface area contributed by atoms with Crippen LogP contribution in [0.15, 0.2) is 6.33 Å². The zero-order valence-corrected chi connectivity index (χ0v) is 10.5. The summed E-state index contributed by atoms with van der Waals surface area (Å²) in [7, 11) is 0. The molecule has 102 valence electrons. The average Bonchev–Trinajstić information content (AvgIpc) is 2.86. The topological polar surface area (TPSA) is 50.9 Å². The van der Waals surface area contributed by atoms with Gasteiger partial charge in [-0.3, -0.25) is 4.68 Å². The number of aliphatic hydroxyl groups excluding tert-OH is 1. The number of halogens is 2. The zero-order chi connectivity index (χ0) is 13.2. The molecule has 0 bridgehead atoms. The Hall–Kier alpha value is -1.04. The van der Waals surface area contributed by atoms with Crippen LogP contribution in [0.3, 0.4) is 0 Å². The lowest BCUT2D eigenvalue weighted by Crippen LogP contribution is -2.24. The van der Waals surface area contributed by atoms with E-state index in [1.54, 1.807) is 4.68 Å². The van der Waals surface area contributed by atoms with Gasteiger partial charge in [-0.15, -0.1) is 0 Å². The van der Waals surface area contributed by atoms with Gasteiger partial charge in [0.15, 0.2) is 0 Å². The fourth-order valence-electron chi connectivity index (χ4n) is 2.51. The van der Waals surface area contributed by atoms with Crippen LogP contribution in [0.2, 0.25) is 0 Å². The third-order valence-electron chi connectivity index (χ3n) is 3.51. The standard InChI is InChI=1S/C12H19F2N3O/c1-2-5-17-11(15-8-16-17)6-10(18)9-3-4-12(13,14)7-9/h8-10,18H,2-7H2,1H3. The zero-order valence-electron chi connectivity index (χ0n) is 10.5. The highest BCUT2D eigenvalue weighted by Gasteiger charge is 2.42. The Morgan fingerprint density at radius 2 is 2.39 bits per heavy atom. The Labute approximate surface area is 105 Å². The molecule has 2 rings (SSSR count). The Kier molecular flexibility index (Phi) is 3.94. The molecule has 1 saturated carbocycles. The third kappa shape index (κ3) is 3.04. The Balaban J connectivity index is 1.95. The highest BCUT2D eigenvalue weighted by atomic mass is 19.3. The molecule has 4 nitrogen and oxygen atoms in total. The van der Waals surface area contributed by atoms with Gasteiger partial charge >= 0.3 is 0 Å². The van der Waals surface area contributed by atoms with Crippen molar-refractivity contribution in [2.24, 2.45) is 5.92 Å². The number of hydrogen-bond donors (Lipinski definition) is 1. The molecule has 2 atom stereocenters. The Morgan fingerprint density at radius 3 is 3.00 bits per heavy atom. The predicted molar refractivity (Wildman–Crippen MR) is 62.3 cm³/mol. The van der Waals surface area contributed by atoms with Gasteiger partial charge in [-0.05, 0) is 18.8 Å². The molecule has 1 aliphatic carbocycles. The maximum atomic E-state index is 13.1.